The molecule has 1 aliphatic heterocycles. The maximum Gasteiger partial charge on any atom is 0.262 e. The molecular weight excluding hydrogens is 675 g/mol. The summed E-state index contributed by atoms with van der Waals surface area (Å²) in [5.41, 5.74) is 6.28. The van der Waals surface area contributed by atoms with Crippen molar-refractivity contribution in [2.45, 2.75) is 44.8 Å². The zero-order chi connectivity index (χ0) is 34.8. The quantitative estimate of drug-likeness (QED) is 0.124. The van der Waals surface area contributed by atoms with Crippen molar-refractivity contribution >= 4 is 34.8 Å². The van der Waals surface area contributed by atoms with Crippen LogP contribution in [0, 0.1) is 5.41 Å². The Balaban J connectivity index is 1.12. The van der Waals surface area contributed by atoms with E-state index in [0.29, 0.717) is 65.4 Å². The first kappa shape index (κ1) is 34.1. The highest BCUT2D eigenvalue weighted by molar-refractivity contribution is 6.39. The van der Waals surface area contributed by atoms with E-state index in [4.69, 9.17) is 32.9 Å². The van der Waals surface area contributed by atoms with Gasteiger partial charge in [-0.2, -0.15) is 0 Å². The molecule has 258 valence electrons. The van der Waals surface area contributed by atoms with Crippen molar-refractivity contribution in [3.8, 4) is 39.4 Å². The van der Waals surface area contributed by atoms with Crippen molar-refractivity contribution in [3.05, 3.63) is 105 Å². The number of amides is 1. The maximum atomic E-state index is 13.2. The van der Waals surface area contributed by atoms with Crippen molar-refractivity contribution in [2.24, 2.45) is 5.41 Å². The van der Waals surface area contributed by atoms with Gasteiger partial charge in [0.1, 0.15) is 5.65 Å². The second kappa shape index (κ2) is 14.5. The Hall–Kier alpha value is -4.32. The fourth-order valence-corrected chi connectivity index (χ4v) is 7.14. The van der Waals surface area contributed by atoms with Gasteiger partial charge in [-0.3, -0.25) is 14.0 Å². The molecule has 2 fully saturated rings. The molecule has 50 heavy (non-hydrogen) atoms. The molecule has 0 bridgehead atoms. The number of aliphatic hydroxyl groups is 1. The second-order valence-electron chi connectivity index (χ2n) is 13.1. The van der Waals surface area contributed by atoms with Gasteiger partial charge in [0, 0.05) is 96.4 Å². The van der Waals surface area contributed by atoms with Crippen LogP contribution in [0.5, 0.6) is 5.88 Å². The number of methoxy groups -OCH3 is 1. The van der Waals surface area contributed by atoms with Crippen molar-refractivity contribution in [3.63, 3.8) is 0 Å². The topological polar surface area (TPSA) is 130 Å². The minimum Gasteiger partial charge on any atom is -0.481 e. The number of hydrogen-bond acceptors (Lipinski definition) is 8. The molecule has 0 spiro atoms. The van der Waals surface area contributed by atoms with Crippen LogP contribution in [0.15, 0.2) is 77.9 Å². The molecule has 7 rings (SSSR count). The summed E-state index contributed by atoms with van der Waals surface area (Å²) in [6, 6.07) is 19.3. The molecule has 5 aromatic rings. The number of ether oxygens (including phenoxy) is 1. The molecule has 1 atom stereocenters. The maximum absolute atomic E-state index is 13.2. The van der Waals surface area contributed by atoms with E-state index >= 15 is 0 Å². The molecule has 4 heterocycles. The number of pyridine rings is 2. The van der Waals surface area contributed by atoms with E-state index in [-0.39, 0.29) is 29.5 Å². The Bertz CT molecular complexity index is 2130. The van der Waals surface area contributed by atoms with Crippen LogP contribution in [0.1, 0.15) is 36.8 Å². The normalized spacial score (nSPS) is 16.5. The average Bonchev–Trinajstić information content (AvgIpc) is 3.80. The minimum atomic E-state index is -0.139. The summed E-state index contributed by atoms with van der Waals surface area (Å²) < 4.78 is 7.18. The van der Waals surface area contributed by atoms with Gasteiger partial charge < -0.3 is 25.8 Å². The van der Waals surface area contributed by atoms with Crippen LogP contribution >= 0.6 is 23.2 Å². The van der Waals surface area contributed by atoms with Gasteiger partial charge in [-0.05, 0) is 43.0 Å². The highest BCUT2D eigenvalue weighted by Gasteiger charge is 2.41. The molecule has 1 saturated heterocycles. The summed E-state index contributed by atoms with van der Waals surface area (Å²) in [5.74, 6) is 0.587. The Morgan fingerprint density at radius 3 is 2.38 bits per heavy atom. The van der Waals surface area contributed by atoms with E-state index in [1.165, 1.54) is 4.40 Å². The fourth-order valence-electron chi connectivity index (χ4n) is 6.47. The molecule has 1 aliphatic carbocycles. The van der Waals surface area contributed by atoms with E-state index in [1.54, 1.807) is 19.5 Å². The first-order chi connectivity index (χ1) is 24.3. The van der Waals surface area contributed by atoms with Crippen molar-refractivity contribution in [2.75, 3.05) is 26.8 Å². The summed E-state index contributed by atoms with van der Waals surface area (Å²) in [5, 5.41) is 20.3. The number of aromatic nitrogens is 3. The van der Waals surface area contributed by atoms with E-state index in [1.807, 2.05) is 60.7 Å². The third-order valence-electron chi connectivity index (χ3n) is 9.69. The number of rotatable bonds is 13. The molecule has 10 nitrogen and oxygen atoms in total. The van der Waals surface area contributed by atoms with Crippen molar-refractivity contribution in [1.82, 2.24) is 30.3 Å². The van der Waals surface area contributed by atoms with Crippen LogP contribution in [0.2, 0.25) is 10.0 Å². The van der Waals surface area contributed by atoms with Gasteiger partial charge in [0.15, 0.2) is 0 Å². The van der Waals surface area contributed by atoms with Gasteiger partial charge in [-0.15, -0.1) is 0 Å². The number of nitrogens with zero attached hydrogens (tertiary/aromatic N) is 3. The fraction of sp³-hybridized carbons (Fsp3) is 0.316. The van der Waals surface area contributed by atoms with E-state index in [9.17, 15) is 14.7 Å². The third-order valence-corrected chi connectivity index (χ3v) is 10.5. The molecule has 12 heteroatoms. The number of halogens is 2. The van der Waals surface area contributed by atoms with Gasteiger partial charge in [0.25, 0.3) is 5.56 Å². The first-order valence-electron chi connectivity index (χ1n) is 16.7. The summed E-state index contributed by atoms with van der Waals surface area (Å²) in [7, 11) is 1.59. The predicted molar refractivity (Wildman–Crippen MR) is 195 cm³/mol. The molecule has 1 saturated carbocycles. The standard InChI is InChI=1S/C38H38Cl2N6O4/c1-50-36-24(17-41-20-26-9-11-33(48)44-26)8-10-31(45-36)30-7-3-6-29(35(30)40)28-5-2-4-27(34(28)39)23-12-15-46-32(16-23)43-19-25(37(46)49)18-42-21-38(22-47)13-14-38/h2-8,10,12,15-16,19,26,41-42,47H,9,11,13-14,17-18,20-22H2,1H3,(H,44,48)/t26-/m0/s1. The number of fused-ring (bicyclic) bond motifs is 1. The van der Waals surface area contributed by atoms with Crippen LogP contribution < -0.4 is 26.2 Å². The highest BCUT2D eigenvalue weighted by Crippen LogP contribution is 2.44. The molecule has 1 amide bonds. The van der Waals surface area contributed by atoms with Gasteiger partial charge >= 0.3 is 0 Å². The number of carbonyl (C=O) groups excluding carboxylic acids is 1. The SMILES string of the molecule is COc1nc(-c2cccc(-c3cccc(-c4ccn5c(=O)c(CNCC6(CO)CC6)cnc5c4)c3Cl)c2Cl)ccc1CNC[C@@H]1CCC(=O)N1. The zero-order valence-corrected chi connectivity index (χ0v) is 29.2. The highest BCUT2D eigenvalue weighted by atomic mass is 35.5. The first-order valence-corrected chi connectivity index (χ1v) is 17.5. The van der Waals surface area contributed by atoms with Gasteiger partial charge in [-0.1, -0.05) is 65.7 Å². The Kier molecular flexibility index (Phi) is 9.90. The zero-order valence-electron chi connectivity index (χ0n) is 27.6. The Morgan fingerprint density at radius 2 is 1.68 bits per heavy atom. The summed E-state index contributed by atoms with van der Waals surface area (Å²) in [6.45, 7) is 2.43. The van der Waals surface area contributed by atoms with Crippen LogP contribution in [0.25, 0.3) is 39.2 Å². The minimum absolute atomic E-state index is 0.0413. The van der Waals surface area contributed by atoms with Gasteiger partial charge in [0.05, 0.1) is 22.8 Å². The van der Waals surface area contributed by atoms with Crippen molar-refractivity contribution in [1.29, 1.82) is 0 Å². The number of nitrogens with one attached hydrogen (secondary N) is 3. The second-order valence-corrected chi connectivity index (χ2v) is 13.9. The number of benzene rings is 2. The molecule has 0 unspecified atom stereocenters. The smallest absolute Gasteiger partial charge is 0.262 e. The van der Waals surface area contributed by atoms with E-state index < -0.39 is 0 Å². The van der Waals surface area contributed by atoms with Crippen LogP contribution in [-0.2, 0) is 17.9 Å². The van der Waals surface area contributed by atoms with Gasteiger partial charge in [0.2, 0.25) is 11.8 Å². The lowest BCUT2D eigenvalue weighted by atomic mass is 9.97. The summed E-state index contributed by atoms with van der Waals surface area (Å²) in [4.78, 5) is 34.1. The van der Waals surface area contributed by atoms with E-state index in [0.717, 1.165) is 52.6 Å². The predicted octanol–water partition coefficient (Wildman–Crippen LogP) is 5.64. The molecular formula is C38H38Cl2N6O4. The third kappa shape index (κ3) is 6.99. The Labute approximate surface area is 299 Å². The molecule has 0 radical (unpaired) electrons. The summed E-state index contributed by atoms with van der Waals surface area (Å²) in [6.07, 6.45) is 6.73. The number of aliphatic hydroxyl groups excluding tert-OH is 1. The lowest BCUT2D eigenvalue weighted by Gasteiger charge is -2.16. The summed E-state index contributed by atoms with van der Waals surface area (Å²) >= 11 is 14.2. The van der Waals surface area contributed by atoms with Crippen LogP contribution in [0.3, 0.4) is 0 Å². The van der Waals surface area contributed by atoms with Gasteiger partial charge in [-0.25, -0.2) is 9.97 Å². The Morgan fingerprint density at radius 1 is 0.960 bits per heavy atom. The largest absolute Gasteiger partial charge is 0.481 e. The van der Waals surface area contributed by atoms with Crippen molar-refractivity contribution < 1.29 is 14.6 Å². The molecule has 2 aliphatic rings. The number of hydrogen-bond donors (Lipinski definition) is 4. The average molecular weight is 714 g/mol. The molecule has 3 aromatic heterocycles. The molecule has 2 aromatic carbocycles. The lowest BCUT2D eigenvalue weighted by Crippen LogP contribution is -2.35. The molecule has 4 N–H and O–H groups in total. The lowest BCUT2D eigenvalue weighted by molar-refractivity contribution is -0.119. The monoisotopic (exact) mass is 712 g/mol. The number of carbonyl (C=O) groups is 1. The van der Waals surface area contributed by atoms with Crippen LogP contribution in [0.4, 0.5) is 0 Å². The van der Waals surface area contributed by atoms with E-state index in [2.05, 4.69) is 20.9 Å². The van der Waals surface area contributed by atoms with Crippen LogP contribution in [-0.4, -0.2) is 58.2 Å².